The maximum Gasteiger partial charge on any atom is 0.312 e. The predicted octanol–water partition coefficient (Wildman–Crippen LogP) is 2.51. The summed E-state index contributed by atoms with van der Waals surface area (Å²) in [5, 5.41) is 11.7. The molecule has 0 saturated carbocycles. The minimum atomic E-state index is -0.905. The molecule has 0 bridgehead atoms. The van der Waals surface area contributed by atoms with E-state index in [2.05, 4.69) is 5.32 Å². The summed E-state index contributed by atoms with van der Waals surface area (Å²) in [4.78, 5) is 36.8. The highest BCUT2D eigenvalue weighted by molar-refractivity contribution is 5.80. The molecule has 152 valence electrons. The first-order valence-corrected chi connectivity index (χ1v) is 9.32. The SMILES string of the molecule is NC(=O)N[C@H](CC(=O)N1CC[C@H](C(=O)O)C1)c1cccc(Oc2ccccc2)c1. The fourth-order valence-electron chi connectivity index (χ4n) is 3.34. The van der Waals surface area contributed by atoms with E-state index in [9.17, 15) is 14.4 Å². The van der Waals surface area contributed by atoms with Crippen LogP contribution < -0.4 is 15.8 Å². The lowest BCUT2D eigenvalue weighted by Gasteiger charge is -2.22. The van der Waals surface area contributed by atoms with Crippen molar-refractivity contribution < 1.29 is 24.2 Å². The first-order chi connectivity index (χ1) is 13.9. The molecule has 1 aliphatic heterocycles. The molecule has 1 saturated heterocycles. The van der Waals surface area contributed by atoms with Gasteiger partial charge in [-0.2, -0.15) is 0 Å². The van der Waals surface area contributed by atoms with Crippen LogP contribution >= 0.6 is 0 Å². The van der Waals surface area contributed by atoms with Crippen LogP contribution in [0.2, 0.25) is 0 Å². The van der Waals surface area contributed by atoms with Gasteiger partial charge >= 0.3 is 12.0 Å². The van der Waals surface area contributed by atoms with Crippen molar-refractivity contribution in [2.75, 3.05) is 13.1 Å². The van der Waals surface area contributed by atoms with Crippen molar-refractivity contribution >= 4 is 17.9 Å². The Morgan fingerprint density at radius 3 is 2.52 bits per heavy atom. The van der Waals surface area contributed by atoms with Crippen molar-refractivity contribution in [3.63, 3.8) is 0 Å². The number of nitrogens with zero attached hydrogens (tertiary/aromatic N) is 1. The van der Waals surface area contributed by atoms with E-state index in [1.165, 1.54) is 4.90 Å². The molecule has 1 fully saturated rings. The molecular formula is C21H23N3O5. The monoisotopic (exact) mass is 397 g/mol. The van der Waals surface area contributed by atoms with Crippen LogP contribution in [0.5, 0.6) is 11.5 Å². The Bertz CT molecular complexity index is 887. The third-order valence-electron chi connectivity index (χ3n) is 4.82. The average Bonchev–Trinajstić information content (AvgIpc) is 3.19. The summed E-state index contributed by atoms with van der Waals surface area (Å²) in [6.45, 7) is 0.560. The Balaban J connectivity index is 1.73. The zero-order valence-corrected chi connectivity index (χ0v) is 15.8. The second-order valence-electron chi connectivity index (χ2n) is 6.92. The molecule has 4 N–H and O–H groups in total. The fourth-order valence-corrected chi connectivity index (χ4v) is 3.34. The Kier molecular flexibility index (Phi) is 6.33. The molecule has 0 spiro atoms. The van der Waals surface area contributed by atoms with E-state index in [1.54, 1.807) is 24.3 Å². The van der Waals surface area contributed by atoms with Crippen LogP contribution in [-0.4, -0.2) is 41.0 Å². The number of nitrogens with two attached hydrogens (primary N) is 1. The number of carbonyl (C=O) groups is 3. The van der Waals surface area contributed by atoms with Gasteiger partial charge in [0.2, 0.25) is 5.91 Å². The molecule has 3 rings (SSSR count). The standard InChI is InChI=1S/C21H23N3O5/c22-21(28)23-18(12-19(25)24-10-9-15(13-24)20(26)27)14-5-4-8-17(11-14)29-16-6-2-1-3-7-16/h1-8,11,15,18H,9-10,12-13H2,(H,26,27)(H3,22,23,28)/t15-,18+/m0/s1. The lowest BCUT2D eigenvalue weighted by atomic mass is 10.0. The van der Waals surface area contributed by atoms with Gasteiger partial charge < -0.3 is 25.8 Å². The molecular weight excluding hydrogens is 374 g/mol. The van der Waals surface area contributed by atoms with Crippen LogP contribution in [0, 0.1) is 5.92 Å². The topological polar surface area (TPSA) is 122 Å². The lowest BCUT2D eigenvalue weighted by Crippen LogP contribution is -2.38. The summed E-state index contributed by atoms with van der Waals surface area (Å²) in [7, 11) is 0. The normalized spacial score (nSPS) is 16.8. The van der Waals surface area contributed by atoms with Gasteiger partial charge in [-0.05, 0) is 36.2 Å². The number of hydrogen-bond acceptors (Lipinski definition) is 4. The van der Waals surface area contributed by atoms with Crippen molar-refractivity contribution in [1.82, 2.24) is 10.2 Å². The number of aliphatic carboxylic acids is 1. The number of rotatable bonds is 7. The summed E-state index contributed by atoms with van der Waals surface area (Å²) in [6, 6.07) is 14.9. The number of nitrogens with one attached hydrogen (secondary N) is 1. The first kappa shape index (κ1) is 20.2. The number of para-hydroxylation sites is 1. The maximum absolute atomic E-state index is 12.7. The van der Waals surface area contributed by atoms with Crippen LogP contribution in [0.1, 0.15) is 24.4 Å². The van der Waals surface area contributed by atoms with Gasteiger partial charge in [-0.25, -0.2) is 4.79 Å². The zero-order valence-electron chi connectivity index (χ0n) is 15.8. The molecule has 3 amide bonds. The number of carboxylic acid groups (broad SMARTS) is 1. The zero-order chi connectivity index (χ0) is 20.8. The van der Waals surface area contributed by atoms with E-state index in [0.717, 1.165) is 0 Å². The second-order valence-corrected chi connectivity index (χ2v) is 6.92. The molecule has 8 nitrogen and oxygen atoms in total. The van der Waals surface area contributed by atoms with Gasteiger partial charge in [0.1, 0.15) is 11.5 Å². The van der Waals surface area contributed by atoms with Gasteiger partial charge in [0, 0.05) is 13.1 Å². The number of ether oxygens (including phenoxy) is 1. The highest BCUT2D eigenvalue weighted by Gasteiger charge is 2.32. The summed E-state index contributed by atoms with van der Waals surface area (Å²) in [6.07, 6.45) is 0.402. The largest absolute Gasteiger partial charge is 0.481 e. The summed E-state index contributed by atoms with van der Waals surface area (Å²) in [5.74, 6) is -0.467. The highest BCUT2D eigenvalue weighted by Crippen LogP contribution is 2.27. The lowest BCUT2D eigenvalue weighted by molar-refractivity contribution is -0.141. The summed E-state index contributed by atoms with van der Waals surface area (Å²) < 4.78 is 5.81. The number of primary amides is 1. The molecule has 0 radical (unpaired) electrons. The Morgan fingerprint density at radius 1 is 1.14 bits per heavy atom. The number of urea groups is 1. The van der Waals surface area contributed by atoms with E-state index in [0.29, 0.717) is 30.0 Å². The Morgan fingerprint density at radius 2 is 1.86 bits per heavy atom. The molecule has 0 unspecified atom stereocenters. The van der Waals surface area contributed by atoms with Crippen molar-refractivity contribution in [2.45, 2.75) is 18.9 Å². The minimum Gasteiger partial charge on any atom is -0.481 e. The molecule has 0 aromatic heterocycles. The number of likely N-dealkylation sites (tertiary alicyclic amines) is 1. The van der Waals surface area contributed by atoms with Crippen LogP contribution in [0.25, 0.3) is 0 Å². The van der Waals surface area contributed by atoms with E-state index < -0.39 is 24.0 Å². The predicted molar refractivity (Wildman–Crippen MR) is 105 cm³/mol. The highest BCUT2D eigenvalue weighted by atomic mass is 16.5. The number of carboxylic acids is 1. The van der Waals surface area contributed by atoms with E-state index in [1.807, 2.05) is 30.3 Å². The van der Waals surface area contributed by atoms with Crippen molar-refractivity contribution in [1.29, 1.82) is 0 Å². The van der Waals surface area contributed by atoms with Crippen LogP contribution in [0.15, 0.2) is 54.6 Å². The summed E-state index contributed by atoms with van der Waals surface area (Å²) >= 11 is 0. The molecule has 8 heteroatoms. The molecule has 0 aliphatic carbocycles. The molecule has 2 atom stereocenters. The number of amides is 3. The van der Waals surface area contributed by atoms with E-state index in [4.69, 9.17) is 15.6 Å². The van der Waals surface area contributed by atoms with Crippen molar-refractivity contribution in [3.8, 4) is 11.5 Å². The van der Waals surface area contributed by atoms with Crippen molar-refractivity contribution in [3.05, 3.63) is 60.2 Å². The fraction of sp³-hybridized carbons (Fsp3) is 0.286. The maximum atomic E-state index is 12.7. The summed E-state index contributed by atoms with van der Waals surface area (Å²) in [5.41, 5.74) is 5.97. The van der Waals surface area contributed by atoms with Gasteiger partial charge in [0.05, 0.1) is 18.4 Å². The molecule has 2 aromatic rings. The van der Waals surface area contributed by atoms with Gasteiger partial charge in [0.25, 0.3) is 0 Å². The van der Waals surface area contributed by atoms with Crippen LogP contribution in [-0.2, 0) is 9.59 Å². The molecule has 2 aromatic carbocycles. The van der Waals surface area contributed by atoms with Gasteiger partial charge in [-0.15, -0.1) is 0 Å². The van der Waals surface area contributed by atoms with Crippen LogP contribution in [0.4, 0.5) is 4.79 Å². The second kappa shape index (κ2) is 9.09. The smallest absolute Gasteiger partial charge is 0.312 e. The van der Waals surface area contributed by atoms with E-state index in [-0.39, 0.29) is 18.9 Å². The molecule has 1 aliphatic rings. The van der Waals surface area contributed by atoms with Crippen LogP contribution in [0.3, 0.4) is 0 Å². The average molecular weight is 397 g/mol. The van der Waals surface area contributed by atoms with Gasteiger partial charge in [0.15, 0.2) is 0 Å². The number of hydrogen-bond donors (Lipinski definition) is 3. The third-order valence-corrected chi connectivity index (χ3v) is 4.82. The Labute approximate surface area is 168 Å². The van der Waals surface area contributed by atoms with Gasteiger partial charge in [-0.3, -0.25) is 9.59 Å². The third kappa shape index (κ3) is 5.47. The number of benzene rings is 2. The Hall–Kier alpha value is -3.55. The minimum absolute atomic E-state index is 0.0237. The quantitative estimate of drug-likeness (QED) is 0.663. The van der Waals surface area contributed by atoms with Crippen molar-refractivity contribution in [2.24, 2.45) is 11.7 Å². The molecule has 1 heterocycles. The number of carbonyl (C=O) groups excluding carboxylic acids is 2. The molecule has 29 heavy (non-hydrogen) atoms. The van der Waals surface area contributed by atoms with Gasteiger partial charge in [-0.1, -0.05) is 30.3 Å². The van der Waals surface area contributed by atoms with E-state index >= 15 is 0 Å². The first-order valence-electron chi connectivity index (χ1n) is 9.32.